The minimum atomic E-state index is 1.11. The zero-order valence-electron chi connectivity index (χ0n) is 29.9. The van der Waals surface area contributed by atoms with Gasteiger partial charge in [-0.25, -0.2) is 0 Å². The Morgan fingerprint density at radius 2 is 1.04 bits per heavy atom. The van der Waals surface area contributed by atoms with E-state index in [0.29, 0.717) is 0 Å². The van der Waals surface area contributed by atoms with Crippen molar-refractivity contribution in [2.24, 2.45) is 0 Å². The van der Waals surface area contributed by atoms with E-state index in [1.54, 1.807) is 0 Å². The summed E-state index contributed by atoms with van der Waals surface area (Å²) in [5.41, 5.74) is 11.6. The van der Waals surface area contributed by atoms with Crippen LogP contribution in [-0.4, -0.2) is 4.57 Å². The molecule has 2 nitrogen and oxygen atoms in total. The molecule has 9 aromatic carbocycles. The second-order valence-corrected chi connectivity index (χ2v) is 15.2. The zero-order chi connectivity index (χ0) is 36.3. The van der Waals surface area contributed by atoms with E-state index in [1.165, 1.54) is 69.5 Å². The van der Waals surface area contributed by atoms with Crippen LogP contribution in [-0.2, 0) is 0 Å². The summed E-state index contributed by atoms with van der Waals surface area (Å²) in [6.45, 7) is 0. The Labute approximate surface area is 323 Å². The van der Waals surface area contributed by atoms with Crippen molar-refractivity contribution in [2.45, 2.75) is 0 Å². The van der Waals surface area contributed by atoms with Gasteiger partial charge in [-0.3, -0.25) is 0 Å². The van der Waals surface area contributed by atoms with Crippen LogP contribution in [0.5, 0.6) is 0 Å². The zero-order valence-corrected chi connectivity index (χ0v) is 30.7. The molecule has 2 aromatic heterocycles. The van der Waals surface area contributed by atoms with Crippen molar-refractivity contribution in [2.75, 3.05) is 4.90 Å². The fraction of sp³-hybridized carbons (Fsp3) is 0. The molecule has 3 heteroatoms. The molecule has 0 atom stereocenters. The third kappa shape index (κ3) is 5.24. The molecular weight excluding hydrogens is 685 g/mol. The molecule has 0 radical (unpaired) electrons. The van der Waals surface area contributed by atoms with Gasteiger partial charge in [-0.1, -0.05) is 140 Å². The number of hydrogen-bond acceptors (Lipinski definition) is 2. The van der Waals surface area contributed by atoms with Crippen molar-refractivity contribution in [1.82, 2.24) is 4.57 Å². The van der Waals surface area contributed by atoms with Crippen LogP contribution in [0.2, 0.25) is 0 Å². The number of nitrogens with zero attached hydrogens (tertiary/aromatic N) is 2. The average Bonchev–Trinajstić information content (AvgIpc) is 3.80. The molecule has 11 rings (SSSR count). The molecule has 0 saturated carbocycles. The SMILES string of the molecule is c1ccc(-c2cc(-c3ccccc3)c3c(c2)c2cccc(N(c4ccccc4)c4ccc5sc6ccccc6c5c4)c2n3-c2ccc3ccccc3c2)cc1. The van der Waals surface area contributed by atoms with Gasteiger partial charge in [-0.15, -0.1) is 11.3 Å². The molecule has 2 heterocycles. The molecule has 0 fully saturated rings. The maximum Gasteiger partial charge on any atom is 0.0782 e. The van der Waals surface area contributed by atoms with Gasteiger partial charge in [0.2, 0.25) is 0 Å². The molecular formula is C52H34N2S. The van der Waals surface area contributed by atoms with E-state index in [9.17, 15) is 0 Å². The number of para-hydroxylation sites is 2. The van der Waals surface area contributed by atoms with Gasteiger partial charge < -0.3 is 9.47 Å². The number of benzene rings is 9. The highest BCUT2D eigenvalue weighted by Gasteiger charge is 2.24. The largest absolute Gasteiger partial charge is 0.308 e. The van der Waals surface area contributed by atoms with E-state index in [2.05, 4.69) is 216 Å². The lowest BCUT2D eigenvalue weighted by Gasteiger charge is -2.27. The fourth-order valence-electron chi connectivity index (χ4n) is 8.42. The maximum atomic E-state index is 2.53. The third-order valence-electron chi connectivity index (χ3n) is 10.9. The van der Waals surface area contributed by atoms with Gasteiger partial charge in [0.05, 0.1) is 16.7 Å². The van der Waals surface area contributed by atoms with E-state index < -0.39 is 0 Å². The Morgan fingerprint density at radius 1 is 0.364 bits per heavy atom. The Kier molecular flexibility index (Phi) is 7.39. The van der Waals surface area contributed by atoms with Crippen LogP contribution in [0.4, 0.5) is 17.1 Å². The van der Waals surface area contributed by atoms with Crippen molar-refractivity contribution in [3.05, 3.63) is 206 Å². The molecule has 0 spiro atoms. The predicted octanol–water partition coefficient (Wildman–Crippen LogP) is 15.1. The monoisotopic (exact) mass is 718 g/mol. The molecule has 0 aliphatic rings. The molecule has 0 bridgehead atoms. The second kappa shape index (κ2) is 12.9. The average molecular weight is 719 g/mol. The van der Waals surface area contributed by atoms with Crippen molar-refractivity contribution in [1.29, 1.82) is 0 Å². The van der Waals surface area contributed by atoms with Crippen molar-refractivity contribution in [3.8, 4) is 27.9 Å². The Bertz CT molecular complexity index is 3200. The van der Waals surface area contributed by atoms with Gasteiger partial charge in [0, 0.05) is 53.6 Å². The van der Waals surface area contributed by atoms with Gasteiger partial charge in [0.25, 0.3) is 0 Å². The van der Waals surface area contributed by atoms with Gasteiger partial charge in [0.15, 0.2) is 0 Å². The summed E-state index contributed by atoms with van der Waals surface area (Å²) in [5, 5.41) is 7.44. The van der Waals surface area contributed by atoms with E-state index in [-0.39, 0.29) is 0 Å². The van der Waals surface area contributed by atoms with E-state index in [4.69, 9.17) is 0 Å². The number of hydrogen-bond donors (Lipinski definition) is 0. The summed E-state index contributed by atoms with van der Waals surface area (Å²) in [7, 11) is 0. The lowest BCUT2D eigenvalue weighted by Crippen LogP contribution is -2.11. The Balaban J connectivity index is 1.29. The molecule has 0 saturated heterocycles. The molecule has 0 unspecified atom stereocenters. The molecule has 0 aliphatic heterocycles. The summed E-state index contributed by atoms with van der Waals surface area (Å²) < 4.78 is 5.13. The number of fused-ring (bicyclic) bond motifs is 7. The first-order valence-electron chi connectivity index (χ1n) is 18.8. The summed E-state index contributed by atoms with van der Waals surface area (Å²) in [4.78, 5) is 2.45. The molecule has 55 heavy (non-hydrogen) atoms. The van der Waals surface area contributed by atoms with E-state index in [0.717, 1.165) is 28.3 Å². The number of aromatic nitrogens is 1. The van der Waals surface area contributed by atoms with Gasteiger partial charge in [-0.2, -0.15) is 0 Å². The van der Waals surface area contributed by atoms with Crippen molar-refractivity contribution >= 4 is 81.1 Å². The third-order valence-corrected chi connectivity index (χ3v) is 12.1. The first-order valence-corrected chi connectivity index (χ1v) is 19.6. The van der Waals surface area contributed by atoms with Crippen LogP contribution in [0.25, 0.3) is 80.7 Å². The number of anilines is 3. The van der Waals surface area contributed by atoms with Crippen LogP contribution in [0, 0.1) is 0 Å². The van der Waals surface area contributed by atoms with Crippen LogP contribution in [0.3, 0.4) is 0 Å². The lowest BCUT2D eigenvalue weighted by molar-refractivity contribution is 1.17. The first kappa shape index (κ1) is 31.6. The fourth-order valence-corrected chi connectivity index (χ4v) is 9.51. The van der Waals surface area contributed by atoms with Crippen LogP contribution < -0.4 is 4.90 Å². The molecule has 258 valence electrons. The Morgan fingerprint density at radius 3 is 1.85 bits per heavy atom. The number of rotatable bonds is 6. The first-order chi connectivity index (χ1) is 27.3. The highest BCUT2D eigenvalue weighted by atomic mass is 32.1. The smallest absolute Gasteiger partial charge is 0.0782 e. The summed E-state index contributed by atoms with van der Waals surface area (Å²) in [6, 6.07) is 75.3. The van der Waals surface area contributed by atoms with E-state index >= 15 is 0 Å². The van der Waals surface area contributed by atoms with E-state index in [1.807, 2.05) is 11.3 Å². The van der Waals surface area contributed by atoms with Crippen LogP contribution >= 0.6 is 11.3 Å². The van der Waals surface area contributed by atoms with Crippen molar-refractivity contribution in [3.63, 3.8) is 0 Å². The summed E-state index contributed by atoms with van der Waals surface area (Å²) in [5.74, 6) is 0. The molecule has 0 N–H and O–H groups in total. The standard InChI is InChI=1S/C52H34N2S/c1-4-15-35(16-5-1)39-32-45(37-18-6-2-7-19-37)51-47(33-39)44-24-14-25-48(52(44)54(51)41-28-27-36-17-10-11-20-38(36)31-41)53(40-21-8-3-9-22-40)42-29-30-50-46(34-42)43-23-12-13-26-49(43)55-50/h1-34H. The predicted molar refractivity (Wildman–Crippen MR) is 237 cm³/mol. The Hall–Kier alpha value is -6.94. The molecule has 11 aromatic rings. The number of thiophene rings is 1. The summed E-state index contributed by atoms with van der Waals surface area (Å²) in [6.07, 6.45) is 0. The van der Waals surface area contributed by atoms with Crippen LogP contribution in [0.1, 0.15) is 0 Å². The summed E-state index contributed by atoms with van der Waals surface area (Å²) >= 11 is 1.86. The maximum absolute atomic E-state index is 2.53. The van der Waals surface area contributed by atoms with Gasteiger partial charge in [-0.05, 0) is 94.2 Å². The highest BCUT2D eigenvalue weighted by molar-refractivity contribution is 7.25. The van der Waals surface area contributed by atoms with Crippen molar-refractivity contribution < 1.29 is 0 Å². The van der Waals surface area contributed by atoms with Gasteiger partial charge in [0.1, 0.15) is 0 Å². The second-order valence-electron chi connectivity index (χ2n) is 14.1. The normalized spacial score (nSPS) is 11.6. The molecule has 0 aliphatic carbocycles. The minimum absolute atomic E-state index is 1.11. The lowest BCUT2D eigenvalue weighted by atomic mass is 9.95. The quantitative estimate of drug-likeness (QED) is 0.166. The van der Waals surface area contributed by atoms with Crippen LogP contribution in [0.15, 0.2) is 206 Å². The highest BCUT2D eigenvalue weighted by Crippen LogP contribution is 2.48. The minimum Gasteiger partial charge on any atom is -0.308 e. The molecule has 0 amide bonds. The topological polar surface area (TPSA) is 8.17 Å². The van der Waals surface area contributed by atoms with Gasteiger partial charge >= 0.3 is 0 Å².